The lowest BCUT2D eigenvalue weighted by Crippen LogP contribution is -2.24. The van der Waals surface area contributed by atoms with Crippen LogP contribution in [0.25, 0.3) is 22.3 Å². The molecule has 1 heterocycles. The molecule has 284 valence electrons. The van der Waals surface area contributed by atoms with Crippen molar-refractivity contribution < 1.29 is 14.7 Å². The first-order valence-corrected chi connectivity index (χ1v) is 19.8. The normalized spacial score (nSPS) is 16.0. The Morgan fingerprint density at radius 3 is 2.37 bits per heavy atom. The van der Waals surface area contributed by atoms with Crippen LogP contribution >= 0.6 is 0 Å². The van der Waals surface area contributed by atoms with Gasteiger partial charge in [-0.15, -0.1) is 0 Å². The number of nitrogens with one attached hydrogen (secondary N) is 2. The van der Waals surface area contributed by atoms with Crippen LogP contribution < -0.4 is 16.4 Å². The lowest BCUT2D eigenvalue weighted by molar-refractivity contribution is 0.0957. The highest BCUT2D eigenvalue weighted by Gasteiger charge is 2.35. The second kappa shape index (κ2) is 17.2. The van der Waals surface area contributed by atoms with Crippen LogP contribution in [0, 0.1) is 0 Å². The third kappa shape index (κ3) is 7.99. The van der Waals surface area contributed by atoms with Crippen molar-refractivity contribution in [1.82, 2.24) is 0 Å². The van der Waals surface area contributed by atoms with Crippen molar-refractivity contribution in [2.45, 2.75) is 50.5 Å². The average molecular weight is 751 g/mol. The second-order valence-electron chi connectivity index (χ2n) is 14.8. The van der Waals surface area contributed by atoms with Gasteiger partial charge in [0, 0.05) is 42.4 Å². The van der Waals surface area contributed by atoms with Gasteiger partial charge in [0.25, 0.3) is 5.91 Å². The summed E-state index contributed by atoms with van der Waals surface area (Å²) in [6, 6.07) is 43.6. The number of ketones is 1. The van der Waals surface area contributed by atoms with Crippen LogP contribution in [0.3, 0.4) is 0 Å². The molecule has 5 N–H and O–H groups in total. The average Bonchev–Trinajstić information content (AvgIpc) is 3.52. The van der Waals surface area contributed by atoms with Crippen LogP contribution in [0.2, 0.25) is 0 Å². The van der Waals surface area contributed by atoms with E-state index in [-0.39, 0.29) is 24.2 Å². The highest BCUT2D eigenvalue weighted by molar-refractivity contribution is 6.09. The molecule has 57 heavy (non-hydrogen) atoms. The number of hydrogen-bond acceptors (Lipinski definition) is 6. The van der Waals surface area contributed by atoms with Crippen LogP contribution in [-0.2, 0) is 19.4 Å². The van der Waals surface area contributed by atoms with E-state index in [0.29, 0.717) is 35.7 Å². The van der Waals surface area contributed by atoms with Gasteiger partial charge in [0.1, 0.15) is 0 Å². The first-order chi connectivity index (χ1) is 28.0. The summed E-state index contributed by atoms with van der Waals surface area (Å²) in [7, 11) is 0. The van der Waals surface area contributed by atoms with Gasteiger partial charge in [0.15, 0.2) is 5.78 Å². The van der Waals surface area contributed by atoms with Crippen molar-refractivity contribution in [2.24, 2.45) is 10.7 Å². The van der Waals surface area contributed by atoms with Crippen LogP contribution in [0.1, 0.15) is 79.6 Å². The van der Waals surface area contributed by atoms with Gasteiger partial charge in [-0.3, -0.25) is 14.6 Å². The Hall–Kier alpha value is -6.41. The van der Waals surface area contributed by atoms with Gasteiger partial charge in [0.2, 0.25) is 0 Å². The number of Topliss-reactive ketones (excluding diaryl/α,β-unsaturated/α-hetero) is 1. The van der Waals surface area contributed by atoms with Gasteiger partial charge in [-0.1, -0.05) is 91.0 Å². The van der Waals surface area contributed by atoms with Crippen molar-refractivity contribution in [3.05, 3.63) is 185 Å². The van der Waals surface area contributed by atoms with Gasteiger partial charge < -0.3 is 21.5 Å². The summed E-state index contributed by atoms with van der Waals surface area (Å²) >= 11 is 0. The summed E-state index contributed by atoms with van der Waals surface area (Å²) < 4.78 is 0. The van der Waals surface area contributed by atoms with Crippen molar-refractivity contribution in [1.29, 1.82) is 0 Å². The molecule has 7 nitrogen and oxygen atoms in total. The number of rotatable bonds is 8. The zero-order chi connectivity index (χ0) is 39.1. The van der Waals surface area contributed by atoms with E-state index in [1.54, 1.807) is 6.21 Å². The van der Waals surface area contributed by atoms with E-state index < -0.39 is 0 Å². The van der Waals surface area contributed by atoms with E-state index in [1.165, 1.54) is 22.3 Å². The van der Waals surface area contributed by atoms with Crippen molar-refractivity contribution in [3.63, 3.8) is 0 Å². The van der Waals surface area contributed by atoms with E-state index in [1.807, 2.05) is 115 Å². The molecule has 9 rings (SSSR count). The number of carbonyl (C=O) groups is 2. The maximum absolute atomic E-state index is 14.3. The van der Waals surface area contributed by atoms with Crippen LogP contribution in [0.15, 0.2) is 151 Å². The van der Waals surface area contributed by atoms with Gasteiger partial charge in [-0.2, -0.15) is 0 Å². The largest absolute Gasteiger partial charge is 0.396 e. The van der Waals surface area contributed by atoms with Crippen LogP contribution in [0.4, 0.5) is 17.1 Å². The van der Waals surface area contributed by atoms with Crippen molar-refractivity contribution >= 4 is 35.0 Å². The number of amides is 1. The predicted molar refractivity (Wildman–Crippen MR) is 232 cm³/mol. The van der Waals surface area contributed by atoms with E-state index in [4.69, 9.17) is 5.73 Å². The van der Waals surface area contributed by atoms with E-state index in [9.17, 15) is 14.7 Å². The number of nitrogens with two attached hydrogens (primary N) is 1. The van der Waals surface area contributed by atoms with E-state index in [2.05, 4.69) is 46.0 Å². The molecule has 0 fully saturated rings. The summed E-state index contributed by atoms with van der Waals surface area (Å²) in [6.45, 7) is 0.636. The number of carbonyl (C=O) groups excluding carboxylic acids is 2. The number of aliphatic imine (C=N–C) groups is 1. The molecule has 0 saturated carbocycles. The van der Waals surface area contributed by atoms with E-state index >= 15 is 0 Å². The molecule has 2 aliphatic carbocycles. The van der Waals surface area contributed by atoms with Crippen LogP contribution in [-0.4, -0.2) is 29.6 Å². The van der Waals surface area contributed by atoms with Gasteiger partial charge >= 0.3 is 0 Å². The quantitative estimate of drug-likeness (QED) is 0.116. The van der Waals surface area contributed by atoms with Gasteiger partial charge in [0.05, 0.1) is 17.3 Å². The molecule has 6 aromatic carbocycles. The smallest absolute Gasteiger partial charge is 0.256 e. The Balaban J connectivity index is 0.000000355. The third-order valence-corrected chi connectivity index (χ3v) is 11.3. The molecule has 6 aromatic rings. The first kappa shape index (κ1) is 37.5. The molecule has 2 unspecified atom stereocenters. The predicted octanol–water partition coefficient (Wildman–Crippen LogP) is 10.4. The molecule has 0 radical (unpaired) electrons. The molecule has 0 bridgehead atoms. The number of aliphatic hydroxyl groups excluding tert-OH is 1. The van der Waals surface area contributed by atoms with Gasteiger partial charge in [-0.05, 0) is 137 Å². The number of anilines is 2. The molecular formula is C50H46N4O3. The Morgan fingerprint density at radius 2 is 1.56 bits per heavy atom. The highest BCUT2D eigenvalue weighted by Crippen LogP contribution is 2.47. The fraction of sp³-hybridized carbons (Fsp3) is 0.180. The SMILES string of the molecule is C1=CNc2ccccc2N=C1.NCc1ccc(-c2ccccc2C(=O)Nc2ccc(C(=O)C3Cc4ccccc4-c4ccc5c(c43)CCCC5CCO)cc2)cc1. The molecular weight excluding hydrogens is 705 g/mol. The lowest BCUT2D eigenvalue weighted by Gasteiger charge is -2.34. The Bertz CT molecular complexity index is 2470. The van der Waals surface area contributed by atoms with Gasteiger partial charge in [-0.25, -0.2) is 0 Å². The standard InChI is InChI=1S/C41H38N2O3.C9H8N2/c42-25-26-12-14-28(15-13-26)32-8-3-4-10-37(32)41(46)43-31-18-16-29(17-19-31)40(45)38-24-30-6-1-2-9-33(30)36-21-20-34-27(22-23-44)7-5-11-35(34)39(36)38;1-2-5-9-8(4-1)10-6-3-7-11-9/h1-4,6,8-10,12-21,27,38,44H,5,7,11,22-25,42H2,(H,43,46);1-7,10H. The molecule has 1 aliphatic heterocycles. The van der Waals surface area contributed by atoms with Crippen LogP contribution in [0.5, 0.6) is 0 Å². The minimum atomic E-state index is -0.286. The number of fused-ring (bicyclic) bond motifs is 6. The summed E-state index contributed by atoms with van der Waals surface area (Å²) in [5, 5.41) is 15.9. The molecule has 7 heteroatoms. The number of benzene rings is 6. The first-order valence-electron chi connectivity index (χ1n) is 19.8. The number of hydrogen-bond donors (Lipinski definition) is 4. The summed E-state index contributed by atoms with van der Waals surface area (Å²) in [5.74, 6) is -0.0759. The number of aliphatic hydroxyl groups is 1. The zero-order valence-corrected chi connectivity index (χ0v) is 31.8. The molecule has 1 amide bonds. The second-order valence-corrected chi connectivity index (χ2v) is 14.8. The summed E-state index contributed by atoms with van der Waals surface area (Å²) in [6.07, 6.45) is 10.0. The number of para-hydroxylation sites is 2. The Kier molecular flexibility index (Phi) is 11.3. The third-order valence-electron chi connectivity index (χ3n) is 11.3. The zero-order valence-electron chi connectivity index (χ0n) is 31.8. The number of nitrogens with zero attached hydrogens (tertiary/aromatic N) is 1. The maximum atomic E-state index is 14.3. The molecule has 0 saturated heterocycles. The molecule has 2 atom stereocenters. The summed E-state index contributed by atoms with van der Waals surface area (Å²) in [4.78, 5) is 32.0. The monoisotopic (exact) mass is 750 g/mol. The maximum Gasteiger partial charge on any atom is 0.256 e. The fourth-order valence-electron chi connectivity index (χ4n) is 8.50. The minimum absolute atomic E-state index is 0.0950. The van der Waals surface area contributed by atoms with E-state index in [0.717, 1.165) is 64.9 Å². The van der Waals surface area contributed by atoms with Crippen molar-refractivity contribution in [2.75, 3.05) is 17.2 Å². The topological polar surface area (TPSA) is 117 Å². The Labute approximate surface area is 334 Å². The molecule has 3 aliphatic rings. The van der Waals surface area contributed by atoms with Crippen molar-refractivity contribution in [3.8, 4) is 22.3 Å². The highest BCUT2D eigenvalue weighted by atomic mass is 16.3. The minimum Gasteiger partial charge on any atom is -0.396 e. The molecule has 0 spiro atoms. The molecule has 0 aromatic heterocycles. The Morgan fingerprint density at radius 1 is 0.807 bits per heavy atom. The summed E-state index contributed by atoms with van der Waals surface area (Å²) in [5.41, 5.74) is 19.8. The lowest BCUT2D eigenvalue weighted by atomic mass is 9.69. The number of allylic oxidation sites excluding steroid dienone is 1. The fourth-order valence-corrected chi connectivity index (χ4v) is 8.50.